The number of fused-ring (bicyclic) bond motifs is 3. The Kier molecular flexibility index (Phi) is 3.46. The molecule has 2 bridgehead atoms. The maximum Gasteiger partial charge on any atom is 0.227 e. The van der Waals surface area contributed by atoms with Crippen LogP contribution in [0.15, 0.2) is 18.2 Å². The van der Waals surface area contributed by atoms with Crippen LogP contribution in [0.3, 0.4) is 0 Å². The number of hydrogen-bond donors (Lipinski definition) is 1. The average Bonchev–Trinajstić information content (AvgIpc) is 3.04. The quantitative estimate of drug-likeness (QED) is 0.902. The number of nitrogens with zero attached hydrogens (tertiary/aromatic N) is 1. The van der Waals surface area contributed by atoms with Crippen LogP contribution in [0, 0.1) is 0 Å². The Hall–Kier alpha value is -1.35. The van der Waals surface area contributed by atoms with E-state index in [1.165, 1.54) is 48.8 Å². The van der Waals surface area contributed by atoms with Gasteiger partial charge in [0.15, 0.2) is 0 Å². The topological polar surface area (TPSA) is 32.3 Å². The first kappa shape index (κ1) is 13.3. The van der Waals surface area contributed by atoms with Gasteiger partial charge in [0.05, 0.1) is 6.42 Å². The summed E-state index contributed by atoms with van der Waals surface area (Å²) in [5, 5.41) is 3.64. The Morgan fingerprint density at radius 3 is 2.95 bits per heavy atom. The number of likely N-dealkylation sites (tertiary alicyclic amines) is 1. The Labute approximate surface area is 126 Å². The van der Waals surface area contributed by atoms with Crippen LogP contribution in [0.2, 0.25) is 0 Å². The Morgan fingerprint density at radius 2 is 2.00 bits per heavy atom. The van der Waals surface area contributed by atoms with Crippen molar-refractivity contribution in [3.05, 3.63) is 34.9 Å². The number of aryl methyl sites for hydroxylation is 2. The Morgan fingerprint density at radius 1 is 1.14 bits per heavy atom. The zero-order valence-electron chi connectivity index (χ0n) is 12.6. The second-order valence-corrected chi connectivity index (χ2v) is 6.90. The monoisotopic (exact) mass is 284 g/mol. The van der Waals surface area contributed by atoms with E-state index in [4.69, 9.17) is 0 Å². The van der Waals surface area contributed by atoms with Crippen LogP contribution >= 0.6 is 0 Å². The summed E-state index contributed by atoms with van der Waals surface area (Å²) in [4.78, 5) is 14.7. The molecule has 2 unspecified atom stereocenters. The molecule has 0 aromatic heterocycles. The van der Waals surface area contributed by atoms with E-state index in [1.54, 1.807) is 0 Å². The Balaban J connectivity index is 1.43. The summed E-state index contributed by atoms with van der Waals surface area (Å²) >= 11 is 0. The van der Waals surface area contributed by atoms with E-state index < -0.39 is 0 Å². The largest absolute Gasteiger partial charge is 0.341 e. The first-order chi connectivity index (χ1) is 10.3. The fourth-order valence-corrected chi connectivity index (χ4v) is 4.19. The molecule has 2 atom stereocenters. The summed E-state index contributed by atoms with van der Waals surface area (Å²) in [6, 6.07) is 7.83. The molecule has 2 saturated heterocycles. The van der Waals surface area contributed by atoms with Crippen molar-refractivity contribution >= 4 is 5.91 Å². The van der Waals surface area contributed by atoms with Crippen molar-refractivity contribution in [3.8, 4) is 0 Å². The number of benzene rings is 1. The maximum atomic E-state index is 12.6. The normalized spacial score (nSPS) is 27.5. The van der Waals surface area contributed by atoms with Crippen LogP contribution in [0.5, 0.6) is 0 Å². The highest BCUT2D eigenvalue weighted by molar-refractivity contribution is 5.79. The molecular formula is C18H24N2O. The van der Waals surface area contributed by atoms with E-state index in [0.717, 1.165) is 19.5 Å². The molecule has 3 heteroatoms. The van der Waals surface area contributed by atoms with Crippen LogP contribution in [0.1, 0.15) is 42.4 Å². The minimum absolute atomic E-state index is 0.308. The molecule has 112 valence electrons. The lowest BCUT2D eigenvalue weighted by Gasteiger charge is -2.24. The minimum atomic E-state index is 0.308. The van der Waals surface area contributed by atoms with Gasteiger partial charge in [-0.3, -0.25) is 4.79 Å². The summed E-state index contributed by atoms with van der Waals surface area (Å²) in [5.74, 6) is 0.308. The minimum Gasteiger partial charge on any atom is -0.341 e. The highest BCUT2D eigenvalue weighted by Gasteiger charge is 2.31. The van der Waals surface area contributed by atoms with Gasteiger partial charge in [0.25, 0.3) is 0 Å². The molecule has 2 fully saturated rings. The second-order valence-electron chi connectivity index (χ2n) is 6.90. The van der Waals surface area contributed by atoms with Gasteiger partial charge in [-0.1, -0.05) is 18.2 Å². The van der Waals surface area contributed by atoms with Gasteiger partial charge in [-0.05, 0) is 55.2 Å². The lowest BCUT2D eigenvalue weighted by Crippen LogP contribution is -2.39. The second kappa shape index (κ2) is 5.45. The molecule has 1 aromatic carbocycles. The molecular weight excluding hydrogens is 260 g/mol. The van der Waals surface area contributed by atoms with Crippen LogP contribution in [-0.4, -0.2) is 36.0 Å². The van der Waals surface area contributed by atoms with E-state index in [-0.39, 0.29) is 0 Å². The van der Waals surface area contributed by atoms with E-state index >= 15 is 0 Å². The van der Waals surface area contributed by atoms with E-state index in [0.29, 0.717) is 24.4 Å². The third-order valence-corrected chi connectivity index (χ3v) is 5.39. The van der Waals surface area contributed by atoms with Crippen molar-refractivity contribution < 1.29 is 4.79 Å². The molecule has 0 spiro atoms. The van der Waals surface area contributed by atoms with Crippen molar-refractivity contribution in [2.24, 2.45) is 0 Å². The van der Waals surface area contributed by atoms with Gasteiger partial charge >= 0.3 is 0 Å². The lowest BCUT2D eigenvalue weighted by molar-refractivity contribution is -0.130. The third-order valence-electron chi connectivity index (χ3n) is 5.39. The number of rotatable bonds is 2. The number of hydrogen-bond acceptors (Lipinski definition) is 2. The van der Waals surface area contributed by atoms with Gasteiger partial charge in [0.1, 0.15) is 0 Å². The fourth-order valence-electron chi connectivity index (χ4n) is 4.19. The van der Waals surface area contributed by atoms with E-state index in [9.17, 15) is 4.79 Å². The number of carbonyl (C=O) groups is 1. The van der Waals surface area contributed by atoms with E-state index in [1.807, 2.05) is 0 Å². The standard InChI is InChI=1S/C18H24N2O/c21-18(20-9-8-16-6-7-17(12-20)19-16)11-13-4-5-14-2-1-3-15(14)10-13/h4-5,10,16-17,19H,1-3,6-9,11-12H2. The van der Waals surface area contributed by atoms with Crippen LogP contribution in [-0.2, 0) is 24.1 Å². The van der Waals surface area contributed by atoms with Gasteiger partial charge < -0.3 is 10.2 Å². The SMILES string of the molecule is O=C(Cc1ccc2c(c1)CCC2)N1CCC2CCC(C1)N2. The van der Waals surface area contributed by atoms with Crippen LogP contribution in [0.25, 0.3) is 0 Å². The number of nitrogens with one attached hydrogen (secondary N) is 1. The first-order valence-corrected chi connectivity index (χ1v) is 8.42. The van der Waals surface area contributed by atoms with Gasteiger partial charge in [0.2, 0.25) is 5.91 Å². The predicted molar refractivity (Wildman–Crippen MR) is 83.3 cm³/mol. The molecule has 0 saturated carbocycles. The highest BCUT2D eigenvalue weighted by atomic mass is 16.2. The molecule has 3 nitrogen and oxygen atoms in total. The zero-order chi connectivity index (χ0) is 14.2. The fraction of sp³-hybridized carbons (Fsp3) is 0.611. The molecule has 21 heavy (non-hydrogen) atoms. The van der Waals surface area contributed by atoms with E-state index in [2.05, 4.69) is 28.4 Å². The van der Waals surface area contributed by atoms with Gasteiger partial charge in [0, 0.05) is 25.2 Å². The van der Waals surface area contributed by atoms with Crippen LogP contribution in [0.4, 0.5) is 0 Å². The van der Waals surface area contributed by atoms with Crippen molar-refractivity contribution in [1.29, 1.82) is 0 Å². The maximum absolute atomic E-state index is 12.6. The summed E-state index contributed by atoms with van der Waals surface area (Å²) in [6.07, 6.45) is 7.88. The molecule has 2 aliphatic heterocycles. The summed E-state index contributed by atoms with van der Waals surface area (Å²) < 4.78 is 0. The van der Waals surface area contributed by atoms with Gasteiger partial charge in [-0.2, -0.15) is 0 Å². The van der Waals surface area contributed by atoms with Gasteiger partial charge in [-0.15, -0.1) is 0 Å². The summed E-state index contributed by atoms with van der Waals surface area (Å²) in [6.45, 7) is 1.83. The molecule has 0 radical (unpaired) electrons. The zero-order valence-corrected chi connectivity index (χ0v) is 12.6. The summed E-state index contributed by atoms with van der Waals surface area (Å²) in [7, 11) is 0. The van der Waals surface area contributed by atoms with Gasteiger partial charge in [-0.25, -0.2) is 0 Å². The van der Waals surface area contributed by atoms with Crippen molar-refractivity contribution in [1.82, 2.24) is 10.2 Å². The van der Waals surface area contributed by atoms with Crippen molar-refractivity contribution in [2.45, 2.75) is 57.0 Å². The molecule has 3 aliphatic rings. The van der Waals surface area contributed by atoms with Crippen LogP contribution < -0.4 is 5.32 Å². The highest BCUT2D eigenvalue weighted by Crippen LogP contribution is 2.24. The average molecular weight is 284 g/mol. The lowest BCUT2D eigenvalue weighted by atomic mass is 10.0. The number of carbonyl (C=O) groups excluding carboxylic acids is 1. The Bertz CT molecular complexity index is 554. The molecule has 1 aliphatic carbocycles. The molecule has 1 N–H and O–H groups in total. The molecule has 1 aromatic rings. The smallest absolute Gasteiger partial charge is 0.227 e. The molecule has 2 heterocycles. The molecule has 1 amide bonds. The molecule has 4 rings (SSSR count). The summed E-state index contributed by atoms with van der Waals surface area (Å²) in [5.41, 5.74) is 4.15. The third kappa shape index (κ3) is 2.71. The predicted octanol–water partition coefficient (Wildman–Crippen LogP) is 2.07. The van der Waals surface area contributed by atoms with Crippen molar-refractivity contribution in [3.63, 3.8) is 0 Å². The van der Waals surface area contributed by atoms with Crippen molar-refractivity contribution in [2.75, 3.05) is 13.1 Å². The number of amides is 1. The first-order valence-electron chi connectivity index (χ1n) is 8.42.